The fraction of sp³-hybridized carbons (Fsp3) is 0.231. The third kappa shape index (κ3) is 3.72. The molecule has 0 fully saturated rings. The average Bonchev–Trinajstić information content (AvgIpc) is 3.22. The predicted molar refractivity (Wildman–Crippen MR) is 80.9 cm³/mol. The maximum atomic E-state index is 11.9. The van der Waals surface area contributed by atoms with Gasteiger partial charge in [-0.25, -0.2) is 0 Å². The van der Waals surface area contributed by atoms with Gasteiger partial charge in [0.05, 0.1) is 11.4 Å². The number of aromatic nitrogens is 6. The number of rotatable bonds is 6. The number of amides is 1. The van der Waals surface area contributed by atoms with Crippen molar-refractivity contribution in [3.05, 3.63) is 36.5 Å². The van der Waals surface area contributed by atoms with Crippen LogP contribution in [-0.4, -0.2) is 37.1 Å². The molecule has 118 valence electrons. The Balaban J connectivity index is 1.60. The Kier molecular flexibility index (Phi) is 4.62. The summed E-state index contributed by atoms with van der Waals surface area (Å²) in [5, 5.41) is 18.4. The molecule has 0 aliphatic rings. The highest BCUT2D eigenvalue weighted by atomic mass is 32.2. The lowest BCUT2D eigenvalue weighted by Gasteiger charge is -2.03. The van der Waals surface area contributed by atoms with Crippen molar-refractivity contribution in [1.82, 2.24) is 25.5 Å². The molecular weight excluding hydrogens is 318 g/mol. The number of carbonyl (C=O) groups is 1. The molecule has 0 saturated heterocycles. The number of hydrogen-bond donors (Lipinski definition) is 1. The van der Waals surface area contributed by atoms with Gasteiger partial charge in [-0.3, -0.25) is 14.6 Å². The smallest absolute Gasteiger partial charge is 0.288 e. The highest BCUT2D eigenvalue weighted by Gasteiger charge is 2.15. The summed E-state index contributed by atoms with van der Waals surface area (Å²) in [7, 11) is 0. The monoisotopic (exact) mass is 332 g/mol. The molecule has 1 aromatic carbocycles. The largest absolute Gasteiger partial charge is 0.302 e. The van der Waals surface area contributed by atoms with Crippen LogP contribution in [0, 0.1) is 0 Å². The summed E-state index contributed by atoms with van der Waals surface area (Å²) in [6, 6.07) is 9.47. The summed E-state index contributed by atoms with van der Waals surface area (Å²) in [5.41, 5.74) is 0.833. The summed E-state index contributed by atoms with van der Waals surface area (Å²) in [6.45, 7) is 2.59. The number of thioether (sulfide) groups is 1. The topological polar surface area (TPSA) is 103 Å². The predicted octanol–water partition coefficient (Wildman–Crippen LogP) is 0.688. The molecule has 1 N–H and O–H groups in total. The molecule has 0 spiro atoms. The van der Waals surface area contributed by atoms with Gasteiger partial charge in [0, 0.05) is 0 Å². The van der Waals surface area contributed by atoms with E-state index in [0.29, 0.717) is 17.6 Å². The maximum Gasteiger partial charge on any atom is 0.302 e. The second-order valence-corrected chi connectivity index (χ2v) is 5.41. The first-order chi connectivity index (χ1) is 11.3. The van der Waals surface area contributed by atoms with E-state index in [1.54, 1.807) is 15.6 Å². The van der Waals surface area contributed by atoms with Gasteiger partial charge >= 0.3 is 5.88 Å². The number of carbonyl (C=O) groups excluding carboxylic acids is 1. The zero-order valence-corrected chi connectivity index (χ0v) is 13.1. The molecule has 2 aromatic heterocycles. The Morgan fingerprint density at radius 3 is 2.96 bits per heavy atom. The highest BCUT2D eigenvalue weighted by Crippen LogP contribution is 2.18. The van der Waals surface area contributed by atoms with E-state index >= 15 is 0 Å². The molecule has 3 rings (SSSR count). The molecule has 0 unspecified atom stereocenters. The molecule has 0 atom stereocenters. The van der Waals surface area contributed by atoms with Crippen LogP contribution in [0.4, 0.5) is 5.88 Å². The number of aryl methyl sites for hydroxylation is 1. The molecule has 1 amide bonds. The lowest BCUT2D eigenvalue weighted by atomic mass is 10.3. The lowest BCUT2D eigenvalue weighted by molar-refractivity contribution is -0.759. The molecule has 0 aliphatic carbocycles. The van der Waals surface area contributed by atoms with E-state index in [1.165, 1.54) is 11.8 Å². The van der Waals surface area contributed by atoms with Crippen molar-refractivity contribution < 1.29 is 14.0 Å². The average molecular weight is 332 g/mol. The number of tetrazole rings is 1. The normalized spacial score (nSPS) is 10.7. The molecule has 23 heavy (non-hydrogen) atoms. The van der Waals surface area contributed by atoms with Gasteiger partial charge in [0.15, 0.2) is 6.54 Å². The number of anilines is 1. The Morgan fingerprint density at radius 2 is 2.22 bits per heavy atom. The van der Waals surface area contributed by atoms with Gasteiger partial charge in [-0.15, -0.1) is 5.10 Å². The Bertz CT molecular complexity index is 786. The van der Waals surface area contributed by atoms with Gasteiger partial charge in [0.2, 0.25) is 16.3 Å². The number of benzene rings is 1. The van der Waals surface area contributed by atoms with Crippen LogP contribution in [0.2, 0.25) is 0 Å². The van der Waals surface area contributed by atoms with Gasteiger partial charge in [0.25, 0.3) is 6.20 Å². The van der Waals surface area contributed by atoms with E-state index in [2.05, 4.69) is 26.1 Å². The van der Waals surface area contributed by atoms with Crippen LogP contribution in [0.15, 0.2) is 46.2 Å². The van der Waals surface area contributed by atoms with Crippen LogP contribution in [0.1, 0.15) is 6.92 Å². The molecule has 9 nitrogen and oxygen atoms in total. The first-order valence-electron chi connectivity index (χ1n) is 6.89. The number of para-hydroxylation sites is 1. The molecule has 10 heteroatoms. The van der Waals surface area contributed by atoms with E-state index in [9.17, 15) is 4.79 Å². The number of nitrogens with zero attached hydrogens (tertiary/aromatic N) is 6. The molecule has 0 aliphatic heterocycles. The van der Waals surface area contributed by atoms with Crippen molar-refractivity contribution in [2.75, 3.05) is 11.1 Å². The van der Waals surface area contributed by atoms with Crippen LogP contribution in [0.3, 0.4) is 0 Å². The summed E-state index contributed by atoms with van der Waals surface area (Å²) in [4.78, 5) is 11.9. The van der Waals surface area contributed by atoms with Gasteiger partial charge < -0.3 is 0 Å². The first-order valence-corrected chi connectivity index (χ1v) is 7.87. The summed E-state index contributed by atoms with van der Waals surface area (Å²) in [5.74, 6) is 0.233. The van der Waals surface area contributed by atoms with Gasteiger partial charge in [-0.2, -0.15) is 4.68 Å². The molecule has 0 radical (unpaired) electrons. The van der Waals surface area contributed by atoms with Crippen molar-refractivity contribution in [1.29, 1.82) is 0 Å². The van der Waals surface area contributed by atoms with Crippen molar-refractivity contribution >= 4 is 23.6 Å². The second kappa shape index (κ2) is 7.01. The van der Waals surface area contributed by atoms with Crippen molar-refractivity contribution in [3.63, 3.8) is 0 Å². The summed E-state index contributed by atoms with van der Waals surface area (Å²) >= 11 is 1.23. The molecule has 3 aromatic rings. The summed E-state index contributed by atoms with van der Waals surface area (Å²) < 4.78 is 8.15. The third-order valence-electron chi connectivity index (χ3n) is 2.87. The van der Waals surface area contributed by atoms with Crippen LogP contribution in [-0.2, 0) is 11.3 Å². The zero-order valence-electron chi connectivity index (χ0n) is 12.3. The van der Waals surface area contributed by atoms with Crippen LogP contribution in [0.5, 0.6) is 0 Å². The van der Waals surface area contributed by atoms with Crippen LogP contribution < -0.4 is 10.00 Å². The van der Waals surface area contributed by atoms with Gasteiger partial charge in [-0.05, 0) is 29.5 Å². The fourth-order valence-corrected chi connectivity index (χ4v) is 2.48. The van der Waals surface area contributed by atoms with E-state index in [0.717, 1.165) is 5.69 Å². The SMILES string of the molecule is CC[n+]1cc(NC(=O)CSc2nnnn2-c2ccccc2)on1. The Morgan fingerprint density at radius 1 is 1.39 bits per heavy atom. The quantitative estimate of drug-likeness (QED) is 0.523. The second-order valence-electron chi connectivity index (χ2n) is 4.47. The van der Waals surface area contributed by atoms with E-state index in [-0.39, 0.29) is 11.7 Å². The van der Waals surface area contributed by atoms with Gasteiger partial charge in [-0.1, -0.05) is 34.6 Å². The van der Waals surface area contributed by atoms with Crippen LogP contribution in [0.25, 0.3) is 5.69 Å². The van der Waals surface area contributed by atoms with Gasteiger partial charge in [0.1, 0.15) is 0 Å². The molecule has 0 saturated carbocycles. The van der Waals surface area contributed by atoms with Crippen molar-refractivity contribution in [2.24, 2.45) is 0 Å². The molecule has 2 heterocycles. The number of nitrogens with one attached hydrogen (secondary N) is 1. The summed E-state index contributed by atoms with van der Waals surface area (Å²) in [6.07, 6.45) is 1.62. The highest BCUT2D eigenvalue weighted by molar-refractivity contribution is 7.99. The van der Waals surface area contributed by atoms with E-state index in [1.807, 2.05) is 37.3 Å². The minimum absolute atomic E-state index is 0.153. The minimum Gasteiger partial charge on any atom is -0.288 e. The minimum atomic E-state index is -0.225. The maximum absolute atomic E-state index is 11.9. The zero-order chi connectivity index (χ0) is 16.1. The Labute approximate surface area is 135 Å². The fourth-order valence-electron chi connectivity index (χ4n) is 1.79. The van der Waals surface area contributed by atoms with Crippen molar-refractivity contribution in [2.45, 2.75) is 18.6 Å². The number of hydrogen-bond acceptors (Lipinski definition) is 7. The Hall–Kier alpha value is -2.75. The molecular formula is C13H14N7O2S+. The van der Waals surface area contributed by atoms with E-state index in [4.69, 9.17) is 4.52 Å². The van der Waals surface area contributed by atoms with E-state index < -0.39 is 0 Å². The van der Waals surface area contributed by atoms with Crippen LogP contribution >= 0.6 is 11.8 Å². The standard InChI is InChI=1S/C13H13N7O2S/c1-2-19-8-12(22-18-19)14-11(21)9-23-13-15-16-17-20(13)10-6-4-3-5-7-10/h3-8H,2,9H2,1H3/p+1. The lowest BCUT2D eigenvalue weighted by Crippen LogP contribution is -2.32. The van der Waals surface area contributed by atoms with Crippen molar-refractivity contribution in [3.8, 4) is 5.69 Å². The third-order valence-corrected chi connectivity index (χ3v) is 3.79. The molecule has 0 bridgehead atoms. The first kappa shape index (κ1) is 15.2.